The van der Waals surface area contributed by atoms with Crippen LogP contribution in [0.25, 0.3) is 0 Å². The number of hydrogen-bond donors (Lipinski definition) is 3. The van der Waals surface area contributed by atoms with E-state index in [1.54, 1.807) is 0 Å². The Kier molecular flexibility index (Phi) is 20.5. The third kappa shape index (κ3) is 719000. The molecule has 11 heteroatoms. The van der Waals surface area contributed by atoms with Crippen LogP contribution in [-0.4, -0.2) is 33.3 Å². The van der Waals surface area contributed by atoms with Crippen LogP contribution in [0.2, 0.25) is 0 Å². The first kappa shape index (κ1) is 22.5. The molecule has 0 aliphatic heterocycles. The number of rotatable bonds is 0. The van der Waals surface area contributed by atoms with Crippen LogP contribution in [0.5, 0.6) is 0 Å². The third-order valence-corrected chi connectivity index (χ3v) is 0. The fourth-order valence-corrected chi connectivity index (χ4v) is 0. The van der Waals surface area contributed by atoms with Gasteiger partial charge in [0.2, 0.25) is 0 Å². The van der Waals surface area contributed by atoms with Gasteiger partial charge in [0.1, 0.15) is 0 Å². The van der Waals surface area contributed by atoms with Crippen molar-refractivity contribution in [2.24, 2.45) is 0 Å². The molecule has 0 saturated heterocycles. The summed E-state index contributed by atoms with van der Waals surface area (Å²) in [6.45, 7) is 0. The molecule has 0 atom stereocenters. The molecule has 0 heterocycles. The van der Waals surface area contributed by atoms with Crippen molar-refractivity contribution in [1.29, 1.82) is 0 Å². The molecule has 0 saturated carbocycles. The zero-order valence-electron chi connectivity index (χ0n) is 5.28. The number of hydrogen-bond acceptors (Lipinski definition) is 5. The van der Waals surface area contributed by atoms with Gasteiger partial charge in [0.05, 0.1) is 0 Å². The third-order valence-electron chi connectivity index (χ3n) is 0. The molecule has 0 rings (SSSR count). The summed E-state index contributed by atoms with van der Waals surface area (Å²) in [5, 5.41) is 13.6. The summed E-state index contributed by atoms with van der Waals surface area (Å²) in [4.78, 5) is 8.36. The summed E-state index contributed by atoms with van der Waals surface area (Å²) >= 11 is 0. The molecule has 4 N–H and O–H groups in total. The van der Waals surface area contributed by atoms with Gasteiger partial charge in [-0.2, -0.15) is 8.42 Å². The number of nitrogens with zero attached hydrogens (tertiary/aromatic N) is 1. The molecule has 64 valence electrons. The second-order valence-electron chi connectivity index (χ2n) is 0.686. The van der Waals surface area contributed by atoms with E-state index in [1.165, 1.54) is 0 Å². The average Bonchev–Trinajstić information content (AvgIpc) is 1.19. The SMILES string of the molecule is O=S(=O)(O)O.O=[N+]([O-])O.[Na+].[OH-]. The Hall–Kier alpha value is 0.0300. The second-order valence-corrected chi connectivity index (χ2v) is 1.58. The van der Waals surface area contributed by atoms with Crippen molar-refractivity contribution < 1.29 is 62.9 Å². The van der Waals surface area contributed by atoms with Gasteiger partial charge in [0.15, 0.2) is 0 Å². The van der Waals surface area contributed by atoms with E-state index in [1.807, 2.05) is 0 Å². The van der Waals surface area contributed by atoms with Gasteiger partial charge in [-0.25, -0.2) is 0 Å². The van der Waals surface area contributed by atoms with Gasteiger partial charge < -0.3 is 10.7 Å². The summed E-state index contributed by atoms with van der Waals surface area (Å²) in [5.74, 6) is 0. The summed E-state index contributed by atoms with van der Waals surface area (Å²) in [7, 11) is -4.67. The van der Waals surface area contributed by atoms with Gasteiger partial charge in [-0.15, -0.1) is 10.1 Å². The van der Waals surface area contributed by atoms with Crippen LogP contribution in [-0.2, 0) is 10.4 Å². The monoisotopic (exact) mass is 201 g/mol. The summed E-state index contributed by atoms with van der Waals surface area (Å²) in [6.07, 6.45) is 0. The van der Waals surface area contributed by atoms with Crippen LogP contribution in [0.4, 0.5) is 0 Å². The minimum Gasteiger partial charge on any atom is -0.870 e. The van der Waals surface area contributed by atoms with Crippen LogP contribution in [0.3, 0.4) is 0 Å². The van der Waals surface area contributed by atoms with Crippen molar-refractivity contribution in [1.82, 2.24) is 0 Å². The zero-order valence-corrected chi connectivity index (χ0v) is 8.09. The van der Waals surface area contributed by atoms with Crippen molar-refractivity contribution in [2.75, 3.05) is 0 Å². The molecule has 0 fully saturated rings. The van der Waals surface area contributed by atoms with E-state index in [0.717, 1.165) is 0 Å². The average molecular weight is 201 g/mol. The van der Waals surface area contributed by atoms with E-state index in [0.29, 0.717) is 0 Å². The van der Waals surface area contributed by atoms with Gasteiger partial charge in [-0.3, -0.25) is 9.11 Å². The molecule has 0 aliphatic rings. The molecule has 9 nitrogen and oxygen atoms in total. The molecule has 0 bridgehead atoms. The maximum Gasteiger partial charge on any atom is 1.00 e. The molecular formula is H4NNaO8S. The van der Waals surface area contributed by atoms with Gasteiger partial charge in [-0.05, 0) is 0 Å². The second kappa shape index (κ2) is 10.0. The Morgan fingerprint density at radius 3 is 1.27 bits per heavy atom. The minimum absolute atomic E-state index is 0. The predicted octanol–water partition coefficient (Wildman–Crippen LogP) is -4.17. The molecule has 0 radical (unpaired) electrons. The minimum atomic E-state index is -4.67. The maximum atomic E-state index is 8.74. The van der Waals surface area contributed by atoms with E-state index in [9.17, 15) is 0 Å². The van der Waals surface area contributed by atoms with Crippen molar-refractivity contribution in [2.45, 2.75) is 0 Å². The van der Waals surface area contributed by atoms with Crippen LogP contribution in [0.1, 0.15) is 0 Å². The fraction of sp³-hybridized carbons (Fsp3) is 0. The van der Waals surface area contributed by atoms with Crippen LogP contribution in [0.15, 0.2) is 0 Å². The Morgan fingerprint density at radius 2 is 1.27 bits per heavy atom. The normalized spacial score (nSPS) is 7.45. The van der Waals surface area contributed by atoms with Crippen LogP contribution < -0.4 is 29.6 Å². The van der Waals surface area contributed by atoms with Crippen LogP contribution in [0, 0.1) is 10.1 Å². The molecular weight excluding hydrogens is 197 g/mol. The molecule has 11 heavy (non-hydrogen) atoms. The van der Waals surface area contributed by atoms with E-state index >= 15 is 0 Å². The smallest absolute Gasteiger partial charge is 0.870 e. The first-order valence-corrected chi connectivity index (χ1v) is 2.66. The molecule has 0 aromatic rings. The molecule has 0 aromatic heterocycles. The van der Waals surface area contributed by atoms with Gasteiger partial charge in [0, 0.05) is 0 Å². The Balaban J connectivity index is -0.0000000383. The van der Waals surface area contributed by atoms with E-state index in [4.69, 9.17) is 32.8 Å². The quantitative estimate of drug-likeness (QED) is 0.153. The first-order valence-electron chi connectivity index (χ1n) is 1.26. The van der Waals surface area contributed by atoms with Crippen molar-refractivity contribution in [3.05, 3.63) is 10.1 Å². The van der Waals surface area contributed by atoms with E-state index < -0.39 is 15.5 Å². The molecule has 0 aliphatic carbocycles. The van der Waals surface area contributed by atoms with Crippen molar-refractivity contribution >= 4 is 10.4 Å². The zero-order chi connectivity index (χ0) is 8.08. The van der Waals surface area contributed by atoms with Gasteiger partial charge >= 0.3 is 40.0 Å². The van der Waals surface area contributed by atoms with Gasteiger partial charge in [-0.1, -0.05) is 0 Å². The standard InChI is InChI=1S/HNO3.Na.H2O4S.H2O/c2-1(3)4;;1-5(2,3)4;/h(H,2,3,4);;(H2,1,2,3,4);1H2/q;+1;;/p-1. The predicted molar refractivity (Wildman–Crippen MR) is 24.9 cm³/mol. The molecule has 0 spiro atoms. The maximum absolute atomic E-state index is 8.74. The first-order chi connectivity index (χ1) is 3.73. The van der Waals surface area contributed by atoms with Crippen LogP contribution >= 0.6 is 0 Å². The Bertz CT molecular complexity index is 157. The van der Waals surface area contributed by atoms with Crippen molar-refractivity contribution in [3.8, 4) is 0 Å². The van der Waals surface area contributed by atoms with E-state index in [-0.39, 0.29) is 35.0 Å². The Labute approximate surface area is 83.3 Å². The largest absolute Gasteiger partial charge is 1.00 e. The summed E-state index contributed by atoms with van der Waals surface area (Å²) < 4.78 is 31.6. The Morgan fingerprint density at radius 1 is 1.27 bits per heavy atom. The molecule has 0 aromatic carbocycles. The topological polar surface area (TPSA) is 168 Å². The molecule has 0 amide bonds. The van der Waals surface area contributed by atoms with E-state index in [2.05, 4.69) is 0 Å². The van der Waals surface area contributed by atoms with Gasteiger partial charge in [0.25, 0.3) is 5.09 Å². The summed E-state index contributed by atoms with van der Waals surface area (Å²) in [6, 6.07) is 0. The fourth-order valence-electron chi connectivity index (χ4n) is 0. The van der Waals surface area contributed by atoms with Crippen molar-refractivity contribution in [3.63, 3.8) is 0 Å². The molecule has 0 unspecified atom stereocenters. The summed E-state index contributed by atoms with van der Waals surface area (Å²) in [5.41, 5.74) is 0.